The quantitative estimate of drug-likeness (QED) is 0.761. The Morgan fingerprint density at radius 1 is 1.35 bits per heavy atom. The lowest BCUT2D eigenvalue weighted by Gasteiger charge is -2.11. The Kier molecular flexibility index (Phi) is 6.56. The van der Waals surface area contributed by atoms with Crippen molar-refractivity contribution in [3.63, 3.8) is 0 Å². The zero-order chi connectivity index (χ0) is 15.0. The number of rotatable bonds is 8. The minimum absolute atomic E-state index is 0.149. The van der Waals surface area contributed by atoms with E-state index in [-0.39, 0.29) is 12.5 Å². The third-order valence-corrected chi connectivity index (χ3v) is 2.92. The zero-order valence-corrected chi connectivity index (χ0v) is 11.9. The molecule has 0 aliphatic rings. The number of nitrogens with one attached hydrogen (secondary N) is 1. The highest BCUT2D eigenvalue weighted by atomic mass is 16.5. The first-order chi connectivity index (χ1) is 9.54. The van der Waals surface area contributed by atoms with Gasteiger partial charge in [0.25, 0.3) is 0 Å². The largest absolute Gasteiger partial charge is 0.494 e. The predicted octanol–water partition coefficient (Wildman–Crippen LogP) is 1.85. The van der Waals surface area contributed by atoms with E-state index >= 15 is 0 Å². The molecular formula is C15H21NO4. The van der Waals surface area contributed by atoms with E-state index in [4.69, 9.17) is 9.84 Å². The maximum Gasteiger partial charge on any atom is 0.308 e. The maximum absolute atomic E-state index is 11.7. The lowest BCUT2D eigenvalue weighted by molar-refractivity contribution is -0.141. The van der Waals surface area contributed by atoms with E-state index in [0.29, 0.717) is 19.4 Å². The van der Waals surface area contributed by atoms with Crippen LogP contribution in [0.15, 0.2) is 24.3 Å². The second-order valence-corrected chi connectivity index (χ2v) is 4.58. The standard InChI is InChI=1S/C15H21NO4/c1-3-20-13-7-5-4-6-12(13)8-9-14(17)16-10-11(2)15(18)19/h4-7,11H,3,8-10H2,1-2H3,(H,16,17)(H,18,19). The highest BCUT2D eigenvalue weighted by Crippen LogP contribution is 2.19. The second-order valence-electron chi connectivity index (χ2n) is 4.58. The van der Waals surface area contributed by atoms with Crippen molar-refractivity contribution in [3.8, 4) is 5.75 Å². The summed E-state index contributed by atoms with van der Waals surface area (Å²) in [7, 11) is 0. The van der Waals surface area contributed by atoms with Crippen molar-refractivity contribution < 1.29 is 19.4 Å². The molecule has 1 unspecified atom stereocenters. The number of carbonyl (C=O) groups is 2. The number of hydrogen-bond acceptors (Lipinski definition) is 3. The SMILES string of the molecule is CCOc1ccccc1CCC(=O)NCC(C)C(=O)O. The molecule has 0 fully saturated rings. The van der Waals surface area contributed by atoms with Gasteiger partial charge in [0.05, 0.1) is 12.5 Å². The Bertz CT molecular complexity index is 459. The fraction of sp³-hybridized carbons (Fsp3) is 0.467. The maximum atomic E-state index is 11.7. The van der Waals surface area contributed by atoms with Gasteiger partial charge >= 0.3 is 5.97 Å². The first kappa shape index (κ1) is 16.0. The number of hydrogen-bond donors (Lipinski definition) is 2. The summed E-state index contributed by atoms with van der Waals surface area (Å²) in [5, 5.41) is 11.4. The molecule has 1 amide bonds. The molecule has 0 aliphatic carbocycles. The molecule has 0 aliphatic heterocycles. The zero-order valence-electron chi connectivity index (χ0n) is 11.9. The average molecular weight is 279 g/mol. The monoisotopic (exact) mass is 279 g/mol. The summed E-state index contributed by atoms with van der Waals surface area (Å²) in [5.74, 6) is -0.840. The van der Waals surface area contributed by atoms with Crippen LogP contribution >= 0.6 is 0 Å². The summed E-state index contributed by atoms with van der Waals surface area (Å²) < 4.78 is 5.49. The van der Waals surface area contributed by atoms with E-state index < -0.39 is 11.9 Å². The molecule has 1 atom stereocenters. The topological polar surface area (TPSA) is 75.6 Å². The fourth-order valence-corrected chi connectivity index (χ4v) is 1.70. The first-order valence-electron chi connectivity index (χ1n) is 6.74. The molecule has 110 valence electrons. The van der Waals surface area contributed by atoms with Gasteiger partial charge in [-0.15, -0.1) is 0 Å². The van der Waals surface area contributed by atoms with Crippen LogP contribution < -0.4 is 10.1 Å². The summed E-state index contributed by atoms with van der Waals surface area (Å²) in [6.07, 6.45) is 0.889. The van der Waals surface area contributed by atoms with Gasteiger partial charge in [0, 0.05) is 13.0 Å². The molecule has 1 rings (SSSR count). The Balaban J connectivity index is 2.43. The van der Waals surface area contributed by atoms with E-state index in [9.17, 15) is 9.59 Å². The number of benzene rings is 1. The Morgan fingerprint density at radius 2 is 2.05 bits per heavy atom. The second kappa shape index (κ2) is 8.19. The van der Waals surface area contributed by atoms with Gasteiger partial charge in [0.15, 0.2) is 0 Å². The molecule has 5 nitrogen and oxygen atoms in total. The Morgan fingerprint density at radius 3 is 2.70 bits per heavy atom. The van der Waals surface area contributed by atoms with Gasteiger partial charge < -0.3 is 15.2 Å². The molecule has 0 radical (unpaired) electrons. The number of carbonyl (C=O) groups excluding carboxylic acids is 1. The molecule has 0 spiro atoms. The first-order valence-corrected chi connectivity index (χ1v) is 6.74. The van der Waals surface area contributed by atoms with Gasteiger partial charge in [-0.1, -0.05) is 25.1 Å². The van der Waals surface area contributed by atoms with E-state index in [0.717, 1.165) is 11.3 Å². The molecule has 2 N–H and O–H groups in total. The Labute approximate surface area is 118 Å². The minimum atomic E-state index is -0.910. The van der Waals surface area contributed by atoms with Crippen molar-refractivity contribution in [3.05, 3.63) is 29.8 Å². The van der Waals surface area contributed by atoms with Gasteiger partial charge in [-0.25, -0.2) is 0 Å². The van der Waals surface area contributed by atoms with E-state index in [1.165, 1.54) is 0 Å². The lowest BCUT2D eigenvalue weighted by Crippen LogP contribution is -2.31. The summed E-state index contributed by atoms with van der Waals surface area (Å²) in [4.78, 5) is 22.3. The summed E-state index contributed by atoms with van der Waals surface area (Å²) in [6, 6.07) is 7.60. The summed E-state index contributed by atoms with van der Waals surface area (Å²) in [5.41, 5.74) is 0.982. The van der Waals surface area contributed by atoms with Crippen LogP contribution in [-0.2, 0) is 16.0 Å². The van der Waals surface area contributed by atoms with Crippen molar-refractivity contribution in [1.82, 2.24) is 5.32 Å². The van der Waals surface area contributed by atoms with Gasteiger partial charge in [-0.3, -0.25) is 9.59 Å². The number of amides is 1. The molecule has 0 aromatic heterocycles. The van der Waals surface area contributed by atoms with Gasteiger partial charge in [-0.05, 0) is 25.0 Å². The van der Waals surface area contributed by atoms with Crippen molar-refractivity contribution in [1.29, 1.82) is 0 Å². The van der Waals surface area contributed by atoms with Crippen LogP contribution in [0.4, 0.5) is 0 Å². The van der Waals surface area contributed by atoms with Crippen LogP contribution in [0.2, 0.25) is 0 Å². The molecule has 0 saturated heterocycles. The van der Waals surface area contributed by atoms with E-state index in [1.807, 2.05) is 31.2 Å². The summed E-state index contributed by atoms with van der Waals surface area (Å²) >= 11 is 0. The number of aliphatic carboxylic acids is 1. The van der Waals surface area contributed by atoms with Crippen molar-refractivity contribution in [2.75, 3.05) is 13.2 Å². The highest BCUT2D eigenvalue weighted by molar-refractivity contribution is 5.77. The molecule has 0 heterocycles. The van der Waals surface area contributed by atoms with E-state index in [1.54, 1.807) is 6.92 Å². The highest BCUT2D eigenvalue weighted by Gasteiger charge is 2.12. The molecule has 5 heteroatoms. The van der Waals surface area contributed by atoms with Gasteiger partial charge in [0.1, 0.15) is 5.75 Å². The van der Waals surface area contributed by atoms with Crippen LogP contribution in [0, 0.1) is 5.92 Å². The molecule has 0 saturated carbocycles. The molecular weight excluding hydrogens is 258 g/mol. The molecule has 0 bridgehead atoms. The normalized spacial score (nSPS) is 11.7. The summed E-state index contributed by atoms with van der Waals surface area (Å²) in [6.45, 7) is 4.21. The van der Waals surface area contributed by atoms with Crippen LogP contribution in [0.1, 0.15) is 25.8 Å². The minimum Gasteiger partial charge on any atom is -0.494 e. The van der Waals surface area contributed by atoms with Gasteiger partial charge in [-0.2, -0.15) is 0 Å². The van der Waals surface area contributed by atoms with Gasteiger partial charge in [0.2, 0.25) is 5.91 Å². The number of carboxylic acids is 1. The molecule has 20 heavy (non-hydrogen) atoms. The number of para-hydroxylation sites is 1. The van der Waals surface area contributed by atoms with Crippen LogP contribution in [0.5, 0.6) is 5.75 Å². The lowest BCUT2D eigenvalue weighted by atomic mass is 10.1. The van der Waals surface area contributed by atoms with Crippen LogP contribution in [-0.4, -0.2) is 30.1 Å². The predicted molar refractivity (Wildman–Crippen MR) is 75.7 cm³/mol. The van der Waals surface area contributed by atoms with Crippen molar-refractivity contribution >= 4 is 11.9 Å². The van der Waals surface area contributed by atoms with Crippen molar-refractivity contribution in [2.45, 2.75) is 26.7 Å². The number of carboxylic acid groups (broad SMARTS) is 1. The van der Waals surface area contributed by atoms with Crippen molar-refractivity contribution in [2.24, 2.45) is 5.92 Å². The van der Waals surface area contributed by atoms with E-state index in [2.05, 4.69) is 5.32 Å². The Hall–Kier alpha value is -2.04. The smallest absolute Gasteiger partial charge is 0.308 e. The fourth-order valence-electron chi connectivity index (χ4n) is 1.70. The number of aryl methyl sites for hydroxylation is 1. The van der Waals surface area contributed by atoms with Crippen LogP contribution in [0.3, 0.4) is 0 Å². The number of ether oxygens (including phenoxy) is 1. The third kappa shape index (κ3) is 5.30. The van der Waals surface area contributed by atoms with Crippen LogP contribution in [0.25, 0.3) is 0 Å². The third-order valence-electron chi connectivity index (χ3n) is 2.92. The molecule has 1 aromatic carbocycles. The average Bonchev–Trinajstić information content (AvgIpc) is 2.44. The molecule has 1 aromatic rings.